The zero-order valence-electron chi connectivity index (χ0n) is 11.8. The summed E-state index contributed by atoms with van der Waals surface area (Å²) in [5.41, 5.74) is 9.27. The Bertz CT molecular complexity index is 699. The topological polar surface area (TPSA) is 46.3 Å². The normalized spacial score (nSPS) is 17.4. The number of nitrogens with two attached hydrogens (primary N) is 1. The summed E-state index contributed by atoms with van der Waals surface area (Å²) in [5, 5.41) is 0. The van der Waals surface area contributed by atoms with Gasteiger partial charge < -0.3 is 10.6 Å². The number of anilines is 2. The number of nitrogens with zero attached hydrogens (tertiary/aromatic N) is 1. The van der Waals surface area contributed by atoms with Gasteiger partial charge in [-0.25, -0.2) is 0 Å². The molecule has 0 aliphatic carbocycles. The maximum Gasteiger partial charge on any atom is 0.260 e. The Morgan fingerprint density at radius 2 is 2.05 bits per heavy atom. The quantitative estimate of drug-likeness (QED) is 0.798. The first-order valence-corrected chi connectivity index (χ1v) is 7.80. The standard InChI is InChI=1S/C17H17BrN2O/c1-11-8-12-4-2-3-5-16(12)20(10-11)17(21)14-9-13(18)6-7-15(14)19/h2-7,9,11H,8,10,19H2,1H3. The Morgan fingerprint density at radius 1 is 1.29 bits per heavy atom. The van der Waals surface area contributed by atoms with Crippen molar-refractivity contribution in [2.75, 3.05) is 17.2 Å². The lowest BCUT2D eigenvalue weighted by Gasteiger charge is -2.33. The number of halogens is 1. The molecular weight excluding hydrogens is 328 g/mol. The van der Waals surface area contributed by atoms with E-state index in [9.17, 15) is 4.79 Å². The summed E-state index contributed by atoms with van der Waals surface area (Å²) in [6, 6.07) is 13.5. The highest BCUT2D eigenvalue weighted by atomic mass is 79.9. The zero-order chi connectivity index (χ0) is 15.0. The number of hydrogen-bond acceptors (Lipinski definition) is 2. The number of amides is 1. The molecule has 3 rings (SSSR count). The molecule has 0 saturated carbocycles. The Labute approximate surface area is 132 Å². The van der Waals surface area contributed by atoms with Gasteiger partial charge in [0.05, 0.1) is 5.56 Å². The van der Waals surface area contributed by atoms with Crippen LogP contribution in [0.3, 0.4) is 0 Å². The van der Waals surface area contributed by atoms with Crippen LogP contribution in [-0.4, -0.2) is 12.5 Å². The first kappa shape index (κ1) is 14.1. The molecular formula is C17H17BrN2O. The van der Waals surface area contributed by atoms with Gasteiger partial charge in [-0.2, -0.15) is 0 Å². The van der Waals surface area contributed by atoms with E-state index in [0.29, 0.717) is 17.2 Å². The second-order valence-electron chi connectivity index (χ2n) is 5.59. The van der Waals surface area contributed by atoms with Gasteiger partial charge in [-0.05, 0) is 42.2 Å². The zero-order valence-corrected chi connectivity index (χ0v) is 13.4. The molecule has 0 spiro atoms. The molecule has 108 valence electrons. The minimum absolute atomic E-state index is 0.0344. The number of carbonyl (C=O) groups excluding carboxylic acids is 1. The van der Waals surface area contributed by atoms with Crippen LogP contribution in [-0.2, 0) is 6.42 Å². The van der Waals surface area contributed by atoms with Gasteiger partial charge in [-0.15, -0.1) is 0 Å². The van der Waals surface area contributed by atoms with Gasteiger partial charge in [-0.1, -0.05) is 41.1 Å². The third-order valence-electron chi connectivity index (χ3n) is 3.84. The molecule has 3 nitrogen and oxygen atoms in total. The van der Waals surface area contributed by atoms with Crippen LogP contribution in [0.4, 0.5) is 11.4 Å². The smallest absolute Gasteiger partial charge is 0.260 e. The molecule has 21 heavy (non-hydrogen) atoms. The van der Waals surface area contributed by atoms with Gasteiger partial charge in [0.1, 0.15) is 0 Å². The van der Waals surface area contributed by atoms with Crippen LogP contribution in [0.25, 0.3) is 0 Å². The lowest BCUT2D eigenvalue weighted by atomic mass is 9.93. The highest BCUT2D eigenvalue weighted by Crippen LogP contribution is 2.31. The van der Waals surface area contributed by atoms with Gasteiger partial charge in [0.2, 0.25) is 0 Å². The van der Waals surface area contributed by atoms with Crippen molar-refractivity contribution in [3.05, 3.63) is 58.1 Å². The molecule has 1 amide bonds. The number of para-hydroxylation sites is 1. The first-order chi connectivity index (χ1) is 10.1. The summed E-state index contributed by atoms with van der Waals surface area (Å²) in [7, 11) is 0. The van der Waals surface area contributed by atoms with Crippen LogP contribution >= 0.6 is 15.9 Å². The molecule has 2 N–H and O–H groups in total. The first-order valence-electron chi connectivity index (χ1n) is 7.01. The van der Waals surface area contributed by atoms with E-state index >= 15 is 0 Å². The summed E-state index contributed by atoms with van der Waals surface area (Å²) < 4.78 is 0.860. The third-order valence-corrected chi connectivity index (χ3v) is 4.33. The van der Waals surface area contributed by atoms with Crippen molar-refractivity contribution in [1.29, 1.82) is 0 Å². The summed E-state index contributed by atoms with van der Waals surface area (Å²) in [4.78, 5) is 14.8. The highest BCUT2D eigenvalue weighted by Gasteiger charge is 2.27. The van der Waals surface area contributed by atoms with E-state index in [2.05, 4.69) is 28.9 Å². The fourth-order valence-corrected chi connectivity index (χ4v) is 3.21. The molecule has 1 aliphatic rings. The van der Waals surface area contributed by atoms with E-state index in [1.807, 2.05) is 29.2 Å². The average Bonchev–Trinajstić information content (AvgIpc) is 2.48. The maximum absolute atomic E-state index is 12.9. The minimum Gasteiger partial charge on any atom is -0.398 e. The molecule has 0 saturated heterocycles. The molecule has 2 aromatic carbocycles. The van der Waals surface area contributed by atoms with Crippen LogP contribution in [0.5, 0.6) is 0 Å². The van der Waals surface area contributed by atoms with Crippen LogP contribution in [0.2, 0.25) is 0 Å². The van der Waals surface area contributed by atoms with Crippen molar-refractivity contribution in [3.63, 3.8) is 0 Å². The SMILES string of the molecule is CC1Cc2ccccc2N(C(=O)c2cc(Br)ccc2N)C1. The Kier molecular flexibility index (Phi) is 3.72. The van der Waals surface area contributed by atoms with Crippen molar-refractivity contribution in [2.24, 2.45) is 5.92 Å². The molecule has 4 heteroatoms. The predicted octanol–water partition coefficient (Wildman–Crippen LogP) is 3.87. The predicted molar refractivity (Wildman–Crippen MR) is 89.5 cm³/mol. The molecule has 2 aromatic rings. The van der Waals surface area contributed by atoms with Crippen molar-refractivity contribution >= 4 is 33.2 Å². The Morgan fingerprint density at radius 3 is 2.86 bits per heavy atom. The van der Waals surface area contributed by atoms with Gasteiger partial charge in [-0.3, -0.25) is 4.79 Å². The van der Waals surface area contributed by atoms with Gasteiger partial charge in [0, 0.05) is 22.4 Å². The van der Waals surface area contributed by atoms with E-state index in [4.69, 9.17) is 5.73 Å². The van der Waals surface area contributed by atoms with E-state index < -0.39 is 0 Å². The lowest BCUT2D eigenvalue weighted by Crippen LogP contribution is -2.39. The molecule has 1 heterocycles. The summed E-state index contributed by atoms with van der Waals surface area (Å²) >= 11 is 3.41. The van der Waals surface area contributed by atoms with E-state index in [1.165, 1.54) is 5.56 Å². The van der Waals surface area contributed by atoms with Crippen LogP contribution in [0.1, 0.15) is 22.8 Å². The molecule has 0 bridgehead atoms. The molecule has 1 aliphatic heterocycles. The monoisotopic (exact) mass is 344 g/mol. The average molecular weight is 345 g/mol. The van der Waals surface area contributed by atoms with E-state index in [0.717, 1.165) is 23.1 Å². The Balaban J connectivity index is 2.04. The van der Waals surface area contributed by atoms with Crippen molar-refractivity contribution in [1.82, 2.24) is 0 Å². The number of carbonyl (C=O) groups is 1. The highest BCUT2D eigenvalue weighted by molar-refractivity contribution is 9.10. The van der Waals surface area contributed by atoms with Crippen molar-refractivity contribution < 1.29 is 4.79 Å². The molecule has 0 radical (unpaired) electrons. The molecule has 0 aromatic heterocycles. The van der Waals surface area contributed by atoms with Crippen LogP contribution in [0.15, 0.2) is 46.9 Å². The van der Waals surface area contributed by atoms with Gasteiger partial charge in [0.15, 0.2) is 0 Å². The van der Waals surface area contributed by atoms with Gasteiger partial charge in [0.25, 0.3) is 5.91 Å². The summed E-state index contributed by atoms with van der Waals surface area (Å²) in [5.74, 6) is 0.407. The third kappa shape index (κ3) is 2.68. The summed E-state index contributed by atoms with van der Waals surface area (Å²) in [6.07, 6.45) is 1.01. The van der Waals surface area contributed by atoms with Crippen LogP contribution in [0, 0.1) is 5.92 Å². The summed E-state index contributed by atoms with van der Waals surface area (Å²) in [6.45, 7) is 2.89. The van der Waals surface area contributed by atoms with E-state index in [1.54, 1.807) is 12.1 Å². The minimum atomic E-state index is -0.0344. The number of fused-ring (bicyclic) bond motifs is 1. The number of benzene rings is 2. The number of nitrogen functional groups attached to an aromatic ring is 1. The second kappa shape index (κ2) is 5.53. The van der Waals surface area contributed by atoms with Gasteiger partial charge >= 0.3 is 0 Å². The van der Waals surface area contributed by atoms with Crippen molar-refractivity contribution in [2.45, 2.75) is 13.3 Å². The largest absolute Gasteiger partial charge is 0.398 e. The van der Waals surface area contributed by atoms with E-state index in [-0.39, 0.29) is 5.91 Å². The molecule has 0 fully saturated rings. The maximum atomic E-state index is 12.9. The lowest BCUT2D eigenvalue weighted by molar-refractivity contribution is 0.0982. The van der Waals surface area contributed by atoms with Crippen molar-refractivity contribution in [3.8, 4) is 0 Å². The fourth-order valence-electron chi connectivity index (χ4n) is 2.85. The Hall–Kier alpha value is -1.81. The fraction of sp³-hybridized carbons (Fsp3) is 0.235. The molecule has 1 unspecified atom stereocenters. The second-order valence-corrected chi connectivity index (χ2v) is 6.50. The number of rotatable bonds is 1. The number of hydrogen-bond donors (Lipinski definition) is 1. The molecule has 1 atom stereocenters. The van der Waals surface area contributed by atoms with Crippen LogP contribution < -0.4 is 10.6 Å².